The molecule has 0 fully saturated rings. The van der Waals surface area contributed by atoms with E-state index in [1.54, 1.807) is 13.8 Å². The Balaban J connectivity index is 4.15. The summed E-state index contributed by atoms with van der Waals surface area (Å²) in [6, 6.07) is 0.0838. The number of ether oxygens (including phenoxy) is 2. The standard InChI is InChI=1S/C8H16N2O3/c1-6(2)9-10-8(3,4)13-7(11)12-5/h6H,1-5H3/b10-9+. The molecule has 0 radical (unpaired) electrons. The van der Waals surface area contributed by atoms with Crippen molar-refractivity contribution < 1.29 is 14.3 Å². The normalized spacial score (nSPS) is 12.2. The van der Waals surface area contributed by atoms with Crippen LogP contribution in [0.5, 0.6) is 0 Å². The van der Waals surface area contributed by atoms with Crippen molar-refractivity contribution in [3.05, 3.63) is 0 Å². The van der Waals surface area contributed by atoms with Crippen LogP contribution in [0.2, 0.25) is 0 Å². The van der Waals surface area contributed by atoms with Crippen LogP contribution in [0.25, 0.3) is 0 Å². The van der Waals surface area contributed by atoms with E-state index in [1.807, 2.05) is 13.8 Å². The zero-order valence-corrected chi connectivity index (χ0v) is 8.70. The van der Waals surface area contributed by atoms with E-state index >= 15 is 0 Å². The maximum Gasteiger partial charge on any atom is 0.510 e. The molecule has 0 rings (SSSR count). The molecule has 0 saturated carbocycles. The summed E-state index contributed by atoms with van der Waals surface area (Å²) in [5, 5.41) is 7.72. The van der Waals surface area contributed by atoms with E-state index in [-0.39, 0.29) is 6.04 Å². The molecule has 0 unspecified atom stereocenters. The third kappa shape index (κ3) is 6.07. The predicted molar refractivity (Wildman–Crippen MR) is 47.6 cm³/mol. The average molecular weight is 188 g/mol. The lowest BCUT2D eigenvalue weighted by molar-refractivity contribution is -0.00630. The molecule has 0 atom stereocenters. The van der Waals surface area contributed by atoms with Gasteiger partial charge in [-0.15, -0.1) is 5.11 Å². The van der Waals surface area contributed by atoms with Crippen molar-refractivity contribution in [3.8, 4) is 0 Å². The van der Waals surface area contributed by atoms with Gasteiger partial charge in [-0.25, -0.2) is 4.79 Å². The quantitative estimate of drug-likeness (QED) is 0.504. The molecule has 0 aliphatic rings. The molecule has 0 aromatic rings. The van der Waals surface area contributed by atoms with Crippen LogP contribution in [-0.4, -0.2) is 25.0 Å². The first-order valence-corrected chi connectivity index (χ1v) is 4.06. The first-order valence-electron chi connectivity index (χ1n) is 4.06. The molecule has 0 aromatic heterocycles. The Morgan fingerprint density at radius 2 is 1.92 bits per heavy atom. The molecular weight excluding hydrogens is 172 g/mol. The second kappa shape index (κ2) is 4.79. The van der Waals surface area contributed by atoms with Crippen molar-refractivity contribution >= 4 is 6.16 Å². The van der Waals surface area contributed by atoms with Crippen LogP contribution in [-0.2, 0) is 9.47 Å². The van der Waals surface area contributed by atoms with Crippen LogP contribution in [0.1, 0.15) is 27.7 Å². The number of nitrogens with zero attached hydrogens (tertiary/aromatic N) is 2. The lowest BCUT2D eigenvalue weighted by atomic mass is 10.3. The highest BCUT2D eigenvalue weighted by Gasteiger charge is 2.22. The Hall–Kier alpha value is -1.13. The molecule has 0 bridgehead atoms. The summed E-state index contributed by atoms with van der Waals surface area (Å²) in [4.78, 5) is 10.7. The van der Waals surface area contributed by atoms with Gasteiger partial charge in [-0.3, -0.25) is 0 Å². The fraction of sp³-hybridized carbons (Fsp3) is 0.875. The highest BCUT2D eigenvalue weighted by Crippen LogP contribution is 2.13. The molecule has 0 saturated heterocycles. The van der Waals surface area contributed by atoms with Gasteiger partial charge < -0.3 is 9.47 Å². The minimum Gasteiger partial charge on any atom is -0.438 e. The van der Waals surface area contributed by atoms with Crippen LogP contribution in [0.4, 0.5) is 4.79 Å². The summed E-state index contributed by atoms with van der Waals surface area (Å²) in [6.45, 7) is 7.04. The first-order chi connectivity index (χ1) is 5.87. The van der Waals surface area contributed by atoms with E-state index in [2.05, 4.69) is 15.0 Å². The highest BCUT2D eigenvalue weighted by molar-refractivity contribution is 5.60. The Morgan fingerprint density at radius 3 is 2.31 bits per heavy atom. The van der Waals surface area contributed by atoms with E-state index in [0.29, 0.717) is 0 Å². The average Bonchev–Trinajstić information content (AvgIpc) is 2.00. The van der Waals surface area contributed by atoms with Gasteiger partial charge in [-0.1, -0.05) is 0 Å². The Bertz CT molecular complexity index is 200. The van der Waals surface area contributed by atoms with Gasteiger partial charge in [0, 0.05) is 0 Å². The van der Waals surface area contributed by atoms with E-state index in [4.69, 9.17) is 4.74 Å². The van der Waals surface area contributed by atoms with Crippen LogP contribution in [0.15, 0.2) is 10.2 Å². The van der Waals surface area contributed by atoms with Crippen molar-refractivity contribution in [3.63, 3.8) is 0 Å². The minimum absolute atomic E-state index is 0.0838. The van der Waals surface area contributed by atoms with Crippen molar-refractivity contribution in [1.82, 2.24) is 0 Å². The number of hydrogen-bond acceptors (Lipinski definition) is 5. The maximum absolute atomic E-state index is 10.7. The zero-order valence-electron chi connectivity index (χ0n) is 8.70. The molecule has 0 N–H and O–H groups in total. The number of carbonyl (C=O) groups excluding carboxylic acids is 1. The Labute approximate surface area is 78.1 Å². The maximum atomic E-state index is 10.7. The fourth-order valence-corrected chi connectivity index (χ4v) is 0.521. The smallest absolute Gasteiger partial charge is 0.438 e. The van der Waals surface area contributed by atoms with Crippen LogP contribution < -0.4 is 0 Å². The van der Waals surface area contributed by atoms with Crippen molar-refractivity contribution in [1.29, 1.82) is 0 Å². The number of methoxy groups -OCH3 is 1. The number of azo groups is 1. The van der Waals surface area contributed by atoms with Gasteiger partial charge in [0.2, 0.25) is 5.72 Å². The predicted octanol–water partition coefficient (Wildman–Crippen LogP) is 2.37. The third-order valence-electron chi connectivity index (χ3n) is 1.03. The van der Waals surface area contributed by atoms with Crippen LogP contribution in [0.3, 0.4) is 0 Å². The number of hydrogen-bond donors (Lipinski definition) is 0. The van der Waals surface area contributed by atoms with Gasteiger partial charge >= 0.3 is 6.16 Å². The lowest BCUT2D eigenvalue weighted by Crippen LogP contribution is -2.25. The molecule has 0 heterocycles. The van der Waals surface area contributed by atoms with E-state index in [1.165, 1.54) is 7.11 Å². The van der Waals surface area contributed by atoms with Crippen molar-refractivity contribution in [2.75, 3.05) is 7.11 Å². The first kappa shape index (κ1) is 11.9. The molecular formula is C8H16N2O3. The SMILES string of the molecule is COC(=O)OC(C)(C)/N=N/C(C)C. The molecule has 0 amide bonds. The summed E-state index contributed by atoms with van der Waals surface area (Å²) in [5.74, 6) is 0. The summed E-state index contributed by atoms with van der Waals surface area (Å²) in [7, 11) is 1.25. The van der Waals surface area contributed by atoms with Gasteiger partial charge in [0.15, 0.2) is 0 Å². The van der Waals surface area contributed by atoms with Crippen molar-refractivity contribution in [2.24, 2.45) is 10.2 Å². The fourth-order valence-electron chi connectivity index (χ4n) is 0.521. The van der Waals surface area contributed by atoms with Gasteiger partial charge in [0.1, 0.15) is 0 Å². The number of rotatable bonds is 3. The van der Waals surface area contributed by atoms with Gasteiger partial charge in [0.25, 0.3) is 0 Å². The highest BCUT2D eigenvalue weighted by atomic mass is 16.7. The van der Waals surface area contributed by atoms with Gasteiger partial charge in [-0.2, -0.15) is 5.11 Å². The van der Waals surface area contributed by atoms with Crippen LogP contribution in [0, 0.1) is 0 Å². The monoisotopic (exact) mass is 188 g/mol. The second-order valence-electron chi connectivity index (χ2n) is 3.31. The zero-order chi connectivity index (χ0) is 10.5. The van der Waals surface area contributed by atoms with E-state index in [9.17, 15) is 4.79 Å². The topological polar surface area (TPSA) is 60.2 Å². The number of carbonyl (C=O) groups is 1. The molecule has 0 spiro atoms. The molecule has 0 aliphatic carbocycles. The third-order valence-corrected chi connectivity index (χ3v) is 1.03. The van der Waals surface area contributed by atoms with Crippen LogP contribution >= 0.6 is 0 Å². The molecule has 0 aliphatic heterocycles. The minimum atomic E-state index is -0.961. The molecule has 13 heavy (non-hydrogen) atoms. The van der Waals surface area contributed by atoms with E-state index < -0.39 is 11.9 Å². The molecule has 5 nitrogen and oxygen atoms in total. The Morgan fingerprint density at radius 1 is 1.38 bits per heavy atom. The van der Waals surface area contributed by atoms with Crippen molar-refractivity contribution in [2.45, 2.75) is 39.5 Å². The van der Waals surface area contributed by atoms with Gasteiger partial charge in [0.05, 0.1) is 13.2 Å². The largest absolute Gasteiger partial charge is 0.510 e. The Kier molecular flexibility index (Phi) is 4.37. The molecule has 76 valence electrons. The van der Waals surface area contributed by atoms with Gasteiger partial charge in [-0.05, 0) is 27.7 Å². The second-order valence-corrected chi connectivity index (χ2v) is 3.31. The summed E-state index contributed by atoms with van der Waals surface area (Å²) < 4.78 is 9.15. The summed E-state index contributed by atoms with van der Waals surface area (Å²) in [6.07, 6.45) is -0.757. The molecule has 0 aromatic carbocycles. The van der Waals surface area contributed by atoms with E-state index in [0.717, 1.165) is 0 Å². The summed E-state index contributed by atoms with van der Waals surface area (Å²) in [5.41, 5.74) is -0.961. The summed E-state index contributed by atoms with van der Waals surface area (Å²) >= 11 is 0. The lowest BCUT2D eigenvalue weighted by Gasteiger charge is -2.17. The molecule has 5 heteroatoms.